The fraction of sp³-hybridized carbons (Fsp3) is 0.133. The fourth-order valence-corrected chi connectivity index (χ4v) is 2.20. The van der Waals surface area contributed by atoms with Gasteiger partial charge in [-0.15, -0.1) is 0 Å². The third-order valence-corrected chi connectivity index (χ3v) is 3.17. The van der Waals surface area contributed by atoms with E-state index in [0.29, 0.717) is 28.5 Å². The number of nitriles is 1. The molecule has 2 aromatic carbocycles. The van der Waals surface area contributed by atoms with Gasteiger partial charge in [0, 0.05) is 6.54 Å². The van der Waals surface area contributed by atoms with Crippen LogP contribution in [0.4, 0.5) is 15.8 Å². The highest BCUT2D eigenvalue weighted by Gasteiger charge is 2.16. The van der Waals surface area contributed by atoms with Gasteiger partial charge in [0.1, 0.15) is 11.9 Å². The molecule has 2 rings (SSSR count). The quantitative estimate of drug-likeness (QED) is 0.823. The van der Waals surface area contributed by atoms with Crippen molar-refractivity contribution in [3.63, 3.8) is 0 Å². The highest BCUT2D eigenvalue weighted by molar-refractivity contribution is 6.32. The summed E-state index contributed by atoms with van der Waals surface area (Å²) in [6.45, 7) is 2.43. The van der Waals surface area contributed by atoms with Gasteiger partial charge in [-0.05, 0) is 31.2 Å². The van der Waals surface area contributed by atoms with Gasteiger partial charge in [0.25, 0.3) is 0 Å². The molecule has 0 amide bonds. The van der Waals surface area contributed by atoms with E-state index in [-0.39, 0.29) is 5.82 Å². The minimum atomic E-state index is -0.326. The molecule has 0 aromatic heterocycles. The van der Waals surface area contributed by atoms with Crippen molar-refractivity contribution in [2.75, 3.05) is 11.4 Å². The monoisotopic (exact) mass is 274 g/mol. The Kier molecular flexibility index (Phi) is 4.03. The number of benzene rings is 2. The van der Waals surface area contributed by atoms with Gasteiger partial charge in [-0.2, -0.15) is 5.26 Å². The summed E-state index contributed by atoms with van der Waals surface area (Å²) in [5.74, 6) is -0.326. The number of rotatable bonds is 3. The van der Waals surface area contributed by atoms with Crippen molar-refractivity contribution in [3.05, 3.63) is 58.9 Å². The van der Waals surface area contributed by atoms with E-state index >= 15 is 0 Å². The second kappa shape index (κ2) is 5.73. The van der Waals surface area contributed by atoms with E-state index in [4.69, 9.17) is 11.6 Å². The predicted octanol–water partition coefficient (Wildman–Crippen LogP) is 4.51. The third-order valence-electron chi connectivity index (χ3n) is 2.85. The Labute approximate surface area is 116 Å². The molecule has 0 heterocycles. The van der Waals surface area contributed by atoms with Crippen LogP contribution in [0.1, 0.15) is 12.5 Å². The number of hydrogen-bond donors (Lipinski definition) is 0. The van der Waals surface area contributed by atoms with Crippen molar-refractivity contribution in [1.82, 2.24) is 0 Å². The fourth-order valence-electron chi connectivity index (χ4n) is 1.99. The minimum absolute atomic E-state index is 0.326. The second-order valence-corrected chi connectivity index (χ2v) is 4.35. The maximum absolute atomic E-state index is 13.9. The van der Waals surface area contributed by atoms with Gasteiger partial charge in [-0.1, -0.05) is 29.8 Å². The van der Waals surface area contributed by atoms with Crippen molar-refractivity contribution in [3.8, 4) is 6.07 Å². The van der Waals surface area contributed by atoms with Gasteiger partial charge in [0.05, 0.1) is 22.0 Å². The van der Waals surface area contributed by atoms with Crippen LogP contribution in [0.2, 0.25) is 5.02 Å². The van der Waals surface area contributed by atoms with E-state index in [1.807, 2.05) is 6.92 Å². The van der Waals surface area contributed by atoms with E-state index in [0.717, 1.165) is 0 Å². The topological polar surface area (TPSA) is 27.0 Å². The molecule has 2 aromatic rings. The average Bonchev–Trinajstić information content (AvgIpc) is 2.42. The lowest BCUT2D eigenvalue weighted by molar-refractivity contribution is 0.625. The van der Waals surface area contributed by atoms with E-state index < -0.39 is 0 Å². The van der Waals surface area contributed by atoms with Crippen LogP contribution in [-0.2, 0) is 0 Å². The molecule has 0 fully saturated rings. The summed E-state index contributed by atoms with van der Waals surface area (Å²) in [6, 6.07) is 13.7. The van der Waals surface area contributed by atoms with E-state index in [1.54, 1.807) is 41.3 Å². The zero-order valence-electron chi connectivity index (χ0n) is 10.4. The summed E-state index contributed by atoms with van der Waals surface area (Å²) in [5, 5.41) is 9.58. The summed E-state index contributed by atoms with van der Waals surface area (Å²) >= 11 is 6.01. The standard InChI is InChI=1S/C15H12ClFN2/c1-2-19(15-8-4-3-7-13(15)17)14-9-5-6-12(16)11(14)10-18/h3-9H,2H2,1H3. The van der Waals surface area contributed by atoms with Crippen LogP contribution in [-0.4, -0.2) is 6.54 Å². The van der Waals surface area contributed by atoms with Crippen LogP contribution in [0.15, 0.2) is 42.5 Å². The summed E-state index contributed by atoms with van der Waals surface area (Å²) in [6.07, 6.45) is 0. The molecule has 0 aliphatic heterocycles. The molecule has 0 atom stereocenters. The van der Waals surface area contributed by atoms with Crippen molar-refractivity contribution < 1.29 is 4.39 Å². The first-order chi connectivity index (χ1) is 9.19. The van der Waals surface area contributed by atoms with Crippen LogP contribution < -0.4 is 4.90 Å². The first-order valence-electron chi connectivity index (χ1n) is 5.89. The summed E-state index contributed by atoms with van der Waals surface area (Å²) < 4.78 is 13.9. The first-order valence-corrected chi connectivity index (χ1v) is 6.27. The molecule has 0 spiro atoms. The molecule has 0 aliphatic rings. The molecule has 96 valence electrons. The molecule has 19 heavy (non-hydrogen) atoms. The molecule has 2 nitrogen and oxygen atoms in total. The van der Waals surface area contributed by atoms with Crippen LogP contribution in [0.3, 0.4) is 0 Å². The van der Waals surface area contributed by atoms with Crippen molar-refractivity contribution >= 4 is 23.0 Å². The van der Waals surface area contributed by atoms with Gasteiger partial charge in [-0.3, -0.25) is 0 Å². The number of hydrogen-bond acceptors (Lipinski definition) is 2. The van der Waals surface area contributed by atoms with Crippen molar-refractivity contribution in [2.45, 2.75) is 6.92 Å². The first kappa shape index (κ1) is 13.4. The van der Waals surface area contributed by atoms with Crippen molar-refractivity contribution in [2.24, 2.45) is 0 Å². The van der Waals surface area contributed by atoms with Crippen molar-refractivity contribution in [1.29, 1.82) is 5.26 Å². The van der Waals surface area contributed by atoms with Crippen LogP contribution in [0.5, 0.6) is 0 Å². The molecule has 0 N–H and O–H groups in total. The molecule has 0 radical (unpaired) electrons. The Balaban J connectivity index is 2.59. The maximum Gasteiger partial charge on any atom is 0.146 e. The lowest BCUT2D eigenvalue weighted by atomic mass is 10.1. The van der Waals surface area contributed by atoms with E-state index in [2.05, 4.69) is 6.07 Å². The summed E-state index contributed by atoms with van der Waals surface area (Å²) in [4.78, 5) is 1.74. The minimum Gasteiger partial charge on any atom is -0.338 e. The molecule has 0 bridgehead atoms. The largest absolute Gasteiger partial charge is 0.338 e. The van der Waals surface area contributed by atoms with E-state index in [9.17, 15) is 9.65 Å². The van der Waals surface area contributed by atoms with E-state index in [1.165, 1.54) is 6.07 Å². The Morgan fingerprint density at radius 2 is 1.84 bits per heavy atom. The molecule has 0 unspecified atom stereocenters. The molecule has 0 saturated carbocycles. The van der Waals surface area contributed by atoms with Gasteiger partial charge in [0.2, 0.25) is 0 Å². The lowest BCUT2D eigenvalue weighted by Crippen LogP contribution is -2.18. The van der Waals surface area contributed by atoms with Gasteiger partial charge < -0.3 is 4.90 Å². The van der Waals surface area contributed by atoms with Gasteiger partial charge in [0.15, 0.2) is 0 Å². The highest BCUT2D eigenvalue weighted by Crippen LogP contribution is 2.33. The molecular weight excluding hydrogens is 263 g/mol. The number of nitrogens with zero attached hydrogens (tertiary/aromatic N) is 2. The lowest BCUT2D eigenvalue weighted by Gasteiger charge is -2.25. The SMILES string of the molecule is CCN(c1ccccc1F)c1cccc(Cl)c1C#N. The molecule has 4 heteroatoms. The normalized spacial score (nSPS) is 10.0. The zero-order valence-corrected chi connectivity index (χ0v) is 11.2. The highest BCUT2D eigenvalue weighted by atomic mass is 35.5. The van der Waals surface area contributed by atoms with Gasteiger partial charge >= 0.3 is 0 Å². The zero-order chi connectivity index (χ0) is 13.8. The molecule has 0 aliphatic carbocycles. The third kappa shape index (κ3) is 2.54. The number of halogens is 2. The Bertz CT molecular complexity index is 634. The summed E-state index contributed by atoms with van der Waals surface area (Å²) in [5.41, 5.74) is 1.40. The molecule has 0 saturated heterocycles. The molecular formula is C15H12ClFN2. The van der Waals surface area contributed by atoms with Crippen LogP contribution >= 0.6 is 11.6 Å². The second-order valence-electron chi connectivity index (χ2n) is 3.94. The Morgan fingerprint density at radius 3 is 2.47 bits per heavy atom. The Morgan fingerprint density at radius 1 is 1.16 bits per heavy atom. The smallest absolute Gasteiger partial charge is 0.146 e. The Hall–Kier alpha value is -2.05. The maximum atomic E-state index is 13.9. The van der Waals surface area contributed by atoms with Gasteiger partial charge in [-0.25, -0.2) is 4.39 Å². The average molecular weight is 275 g/mol. The summed E-state index contributed by atoms with van der Waals surface area (Å²) in [7, 11) is 0. The number of para-hydroxylation sites is 1. The number of anilines is 2. The van der Waals surface area contributed by atoms with Crippen LogP contribution in [0, 0.1) is 17.1 Å². The van der Waals surface area contributed by atoms with Crippen LogP contribution in [0.25, 0.3) is 0 Å². The predicted molar refractivity (Wildman–Crippen MR) is 75.2 cm³/mol.